The minimum Gasteiger partial charge on any atom is -0.375 e. The Labute approximate surface area is 73.3 Å². The maximum Gasteiger partial charge on any atom is 0.105 e. The normalized spacial score (nSPS) is 35.2. The van der Waals surface area contributed by atoms with Gasteiger partial charge in [-0.15, -0.1) is 0 Å². The molecule has 1 saturated carbocycles. The summed E-state index contributed by atoms with van der Waals surface area (Å²) in [6.45, 7) is 0.640. The van der Waals surface area contributed by atoms with E-state index in [-0.39, 0.29) is 5.60 Å². The van der Waals surface area contributed by atoms with Crippen LogP contribution in [-0.4, -0.2) is 18.4 Å². The van der Waals surface area contributed by atoms with Crippen molar-refractivity contribution in [3.05, 3.63) is 0 Å². The first kappa shape index (κ1) is 8.49. The predicted octanol–water partition coefficient (Wildman–Crippen LogP) is 2.84. The van der Waals surface area contributed by atoms with Gasteiger partial charge in [-0.2, -0.15) is 0 Å². The zero-order chi connectivity index (χ0) is 8.44. The Morgan fingerprint density at radius 3 is 2.58 bits per heavy atom. The van der Waals surface area contributed by atoms with Gasteiger partial charge in [0, 0.05) is 12.8 Å². The molecule has 1 heterocycles. The molecule has 1 atom stereocenters. The van der Waals surface area contributed by atoms with E-state index < -0.39 is 6.17 Å². The van der Waals surface area contributed by atoms with Gasteiger partial charge in [0.1, 0.15) is 6.17 Å². The van der Waals surface area contributed by atoms with Gasteiger partial charge in [0.2, 0.25) is 0 Å². The first-order valence-corrected chi connectivity index (χ1v) is 5.09. The maximum absolute atomic E-state index is 13.1. The van der Waals surface area contributed by atoms with Crippen molar-refractivity contribution in [2.45, 2.75) is 56.7 Å². The Hall–Kier alpha value is -0.110. The van der Waals surface area contributed by atoms with Gasteiger partial charge in [0.25, 0.3) is 0 Å². The summed E-state index contributed by atoms with van der Waals surface area (Å²) < 4.78 is 18.9. The molecule has 2 rings (SSSR count). The molecule has 0 aromatic carbocycles. The molecule has 12 heavy (non-hydrogen) atoms. The van der Waals surface area contributed by atoms with Crippen molar-refractivity contribution < 1.29 is 9.13 Å². The van der Waals surface area contributed by atoms with E-state index in [0.29, 0.717) is 19.4 Å². The molecule has 2 fully saturated rings. The molecule has 0 aromatic rings. The zero-order valence-electron chi connectivity index (χ0n) is 7.52. The van der Waals surface area contributed by atoms with E-state index in [1.165, 1.54) is 19.3 Å². The largest absolute Gasteiger partial charge is 0.375 e. The third-order valence-electron chi connectivity index (χ3n) is 3.20. The molecule has 2 heteroatoms. The van der Waals surface area contributed by atoms with Crippen LogP contribution in [0.4, 0.5) is 4.39 Å². The lowest BCUT2D eigenvalue weighted by molar-refractivity contribution is -0.120. The molecule has 1 saturated heterocycles. The Morgan fingerprint density at radius 2 is 1.92 bits per heavy atom. The second-order valence-electron chi connectivity index (χ2n) is 4.18. The minimum atomic E-state index is -0.600. The van der Waals surface area contributed by atoms with Crippen molar-refractivity contribution in [3.63, 3.8) is 0 Å². The lowest BCUT2D eigenvalue weighted by atomic mass is 9.79. The highest BCUT2D eigenvalue weighted by Gasteiger charge is 2.38. The van der Waals surface area contributed by atoms with Crippen LogP contribution in [0.15, 0.2) is 0 Å². The summed E-state index contributed by atoms with van der Waals surface area (Å²) in [7, 11) is 0. The molecule has 2 aliphatic rings. The lowest BCUT2D eigenvalue weighted by Gasteiger charge is -2.41. The fraction of sp³-hybridized carbons (Fsp3) is 1.00. The Morgan fingerprint density at radius 1 is 1.17 bits per heavy atom. The van der Waals surface area contributed by atoms with E-state index >= 15 is 0 Å². The van der Waals surface area contributed by atoms with Gasteiger partial charge >= 0.3 is 0 Å². The molecule has 0 aromatic heterocycles. The first-order chi connectivity index (χ1) is 5.81. The minimum absolute atomic E-state index is 0.0457. The van der Waals surface area contributed by atoms with Crippen molar-refractivity contribution >= 4 is 0 Å². The van der Waals surface area contributed by atoms with Crippen molar-refractivity contribution in [2.24, 2.45) is 0 Å². The van der Waals surface area contributed by atoms with Crippen molar-refractivity contribution in [1.82, 2.24) is 0 Å². The van der Waals surface area contributed by atoms with Gasteiger partial charge in [-0.1, -0.05) is 19.3 Å². The zero-order valence-corrected chi connectivity index (χ0v) is 7.52. The molecule has 1 aliphatic carbocycles. The molecule has 70 valence electrons. The predicted molar refractivity (Wildman–Crippen MR) is 45.9 cm³/mol. The molecule has 0 radical (unpaired) electrons. The third-order valence-corrected chi connectivity index (χ3v) is 3.20. The summed E-state index contributed by atoms with van der Waals surface area (Å²) >= 11 is 0. The number of hydrogen-bond donors (Lipinski definition) is 0. The molecule has 1 spiro atoms. The number of rotatable bonds is 0. The monoisotopic (exact) mass is 172 g/mol. The van der Waals surface area contributed by atoms with E-state index in [0.717, 1.165) is 12.8 Å². The lowest BCUT2D eigenvalue weighted by Crippen LogP contribution is -2.42. The summed E-state index contributed by atoms with van der Waals surface area (Å²) in [6.07, 6.45) is 6.62. The van der Waals surface area contributed by atoms with Crippen LogP contribution < -0.4 is 0 Å². The number of alkyl halides is 1. The van der Waals surface area contributed by atoms with Crippen LogP contribution in [0.5, 0.6) is 0 Å². The average Bonchev–Trinajstić information content (AvgIpc) is 2.05. The van der Waals surface area contributed by atoms with Crippen LogP contribution in [-0.2, 0) is 4.74 Å². The SMILES string of the molecule is FC1CCOC2(CCCCC2)C1. The molecule has 0 amide bonds. The number of hydrogen-bond acceptors (Lipinski definition) is 1. The third kappa shape index (κ3) is 1.63. The van der Waals surface area contributed by atoms with Crippen LogP contribution in [0.2, 0.25) is 0 Å². The number of ether oxygens (including phenoxy) is 1. The summed E-state index contributed by atoms with van der Waals surface area (Å²) in [5.41, 5.74) is -0.0457. The van der Waals surface area contributed by atoms with Gasteiger partial charge in [0.15, 0.2) is 0 Å². The first-order valence-electron chi connectivity index (χ1n) is 5.09. The van der Waals surface area contributed by atoms with Gasteiger partial charge in [-0.05, 0) is 12.8 Å². The van der Waals surface area contributed by atoms with Crippen molar-refractivity contribution in [2.75, 3.05) is 6.61 Å². The molecule has 1 nitrogen and oxygen atoms in total. The van der Waals surface area contributed by atoms with E-state index in [2.05, 4.69) is 0 Å². The van der Waals surface area contributed by atoms with E-state index in [1.54, 1.807) is 0 Å². The smallest absolute Gasteiger partial charge is 0.105 e. The van der Waals surface area contributed by atoms with Gasteiger partial charge in [0.05, 0.1) is 12.2 Å². The van der Waals surface area contributed by atoms with E-state index in [1.807, 2.05) is 0 Å². The molecule has 0 bridgehead atoms. The Bertz CT molecular complexity index is 146. The summed E-state index contributed by atoms with van der Waals surface area (Å²) in [6, 6.07) is 0. The molecule has 1 aliphatic heterocycles. The summed E-state index contributed by atoms with van der Waals surface area (Å²) in [4.78, 5) is 0. The van der Waals surface area contributed by atoms with Crippen molar-refractivity contribution in [1.29, 1.82) is 0 Å². The summed E-state index contributed by atoms with van der Waals surface area (Å²) in [5, 5.41) is 0. The number of halogens is 1. The maximum atomic E-state index is 13.1. The van der Waals surface area contributed by atoms with Crippen LogP contribution in [0.1, 0.15) is 44.9 Å². The van der Waals surface area contributed by atoms with Crippen LogP contribution >= 0.6 is 0 Å². The Kier molecular flexibility index (Phi) is 2.35. The van der Waals surface area contributed by atoms with E-state index in [4.69, 9.17) is 4.74 Å². The molecular weight excluding hydrogens is 155 g/mol. The van der Waals surface area contributed by atoms with Gasteiger partial charge in [-0.3, -0.25) is 0 Å². The highest BCUT2D eigenvalue weighted by atomic mass is 19.1. The molecule has 1 unspecified atom stereocenters. The average molecular weight is 172 g/mol. The van der Waals surface area contributed by atoms with E-state index in [9.17, 15) is 4.39 Å². The Balaban J connectivity index is 1.97. The van der Waals surface area contributed by atoms with Gasteiger partial charge in [-0.25, -0.2) is 4.39 Å². The van der Waals surface area contributed by atoms with Crippen LogP contribution in [0.3, 0.4) is 0 Å². The highest BCUT2D eigenvalue weighted by Crippen LogP contribution is 2.39. The topological polar surface area (TPSA) is 9.23 Å². The quantitative estimate of drug-likeness (QED) is 0.546. The van der Waals surface area contributed by atoms with Crippen LogP contribution in [0.25, 0.3) is 0 Å². The molecule has 0 N–H and O–H groups in total. The summed E-state index contributed by atoms with van der Waals surface area (Å²) in [5.74, 6) is 0. The fourth-order valence-electron chi connectivity index (χ4n) is 2.51. The highest BCUT2D eigenvalue weighted by molar-refractivity contribution is 4.89. The van der Waals surface area contributed by atoms with Crippen molar-refractivity contribution in [3.8, 4) is 0 Å². The molecular formula is C10H17FO. The van der Waals surface area contributed by atoms with Crippen LogP contribution in [0, 0.1) is 0 Å². The standard InChI is InChI=1S/C10H17FO/c11-9-4-7-12-10(8-9)5-2-1-3-6-10/h9H,1-8H2. The second-order valence-corrected chi connectivity index (χ2v) is 4.18. The second kappa shape index (κ2) is 3.33. The van der Waals surface area contributed by atoms with Gasteiger partial charge < -0.3 is 4.74 Å². The fourth-order valence-corrected chi connectivity index (χ4v) is 2.51.